The van der Waals surface area contributed by atoms with Crippen molar-refractivity contribution in [3.05, 3.63) is 70.7 Å². The average Bonchev–Trinajstić information content (AvgIpc) is 2.83. The summed E-state index contributed by atoms with van der Waals surface area (Å²) >= 11 is 5.95. The number of anilines is 2. The summed E-state index contributed by atoms with van der Waals surface area (Å²) in [6.45, 7) is 1.90. The van der Waals surface area contributed by atoms with Gasteiger partial charge in [-0.15, -0.1) is 0 Å². The highest BCUT2D eigenvalue weighted by Gasteiger charge is 2.24. The van der Waals surface area contributed by atoms with Gasteiger partial charge in [-0.2, -0.15) is 0 Å². The van der Waals surface area contributed by atoms with E-state index >= 15 is 0 Å². The fourth-order valence-electron chi connectivity index (χ4n) is 3.07. The molecule has 2 N–H and O–H groups in total. The van der Waals surface area contributed by atoms with E-state index in [0.717, 1.165) is 5.56 Å². The molecule has 1 aliphatic rings. The molecule has 154 valence electrons. The zero-order chi connectivity index (χ0) is 21.5. The van der Waals surface area contributed by atoms with Crippen LogP contribution in [0.5, 0.6) is 17.2 Å². The summed E-state index contributed by atoms with van der Waals surface area (Å²) in [5.41, 5.74) is 1.90. The fraction of sp³-hybridized carbons (Fsp3) is 0.0952. The molecule has 0 aromatic heterocycles. The molecule has 4 rings (SSSR count). The Morgan fingerprint density at radius 2 is 1.80 bits per heavy atom. The minimum Gasteiger partial charge on any atom is -0.495 e. The number of sulfonamides is 1. The smallest absolute Gasteiger partial charge is 0.265 e. The Morgan fingerprint density at radius 3 is 2.57 bits per heavy atom. The Morgan fingerprint density at radius 1 is 1.03 bits per heavy atom. The number of rotatable bonds is 4. The maximum Gasteiger partial charge on any atom is 0.265 e. The van der Waals surface area contributed by atoms with Crippen LogP contribution in [0.4, 0.5) is 11.4 Å². The SMILES string of the molecule is COc1ccc(Cl)cc1S(=O)(=O)Nc1ccc2c(c1)C(=O)Nc1cc(C)ccc1O2. The van der Waals surface area contributed by atoms with Gasteiger partial charge in [0.05, 0.1) is 18.4 Å². The quantitative estimate of drug-likeness (QED) is 0.602. The first-order valence-corrected chi connectivity index (χ1v) is 10.7. The minimum absolute atomic E-state index is 0.115. The molecule has 0 saturated heterocycles. The second kappa shape index (κ2) is 7.55. The average molecular weight is 445 g/mol. The lowest BCUT2D eigenvalue weighted by atomic mass is 10.1. The number of benzene rings is 3. The molecule has 0 radical (unpaired) electrons. The predicted octanol–water partition coefficient (Wildman–Crippen LogP) is 4.82. The van der Waals surface area contributed by atoms with Crippen molar-refractivity contribution in [1.82, 2.24) is 0 Å². The van der Waals surface area contributed by atoms with E-state index in [0.29, 0.717) is 17.2 Å². The maximum absolute atomic E-state index is 12.9. The monoisotopic (exact) mass is 444 g/mol. The van der Waals surface area contributed by atoms with Gasteiger partial charge in [-0.1, -0.05) is 17.7 Å². The van der Waals surface area contributed by atoms with Crippen molar-refractivity contribution >= 4 is 38.9 Å². The number of amides is 1. The van der Waals surface area contributed by atoms with E-state index in [2.05, 4.69) is 10.0 Å². The Kier molecular flexibility index (Phi) is 5.05. The number of ether oxygens (including phenoxy) is 2. The number of carbonyl (C=O) groups is 1. The van der Waals surface area contributed by atoms with Crippen LogP contribution in [0.3, 0.4) is 0 Å². The third kappa shape index (κ3) is 3.79. The summed E-state index contributed by atoms with van der Waals surface area (Å²) in [4.78, 5) is 12.6. The van der Waals surface area contributed by atoms with Gasteiger partial charge < -0.3 is 14.8 Å². The van der Waals surface area contributed by atoms with Gasteiger partial charge in [0.2, 0.25) is 0 Å². The van der Waals surface area contributed by atoms with Crippen LogP contribution in [0.2, 0.25) is 5.02 Å². The predicted molar refractivity (Wildman–Crippen MR) is 114 cm³/mol. The van der Waals surface area contributed by atoms with E-state index < -0.39 is 15.9 Å². The molecule has 0 spiro atoms. The molecule has 0 saturated carbocycles. The number of halogens is 1. The molecular weight excluding hydrogens is 428 g/mol. The Hall–Kier alpha value is -3.23. The molecule has 1 heterocycles. The first kappa shape index (κ1) is 20.1. The number of fused-ring (bicyclic) bond motifs is 2. The number of hydrogen-bond acceptors (Lipinski definition) is 5. The summed E-state index contributed by atoms with van der Waals surface area (Å²) in [6.07, 6.45) is 0. The molecule has 1 aliphatic heterocycles. The maximum atomic E-state index is 12.9. The minimum atomic E-state index is -4.02. The third-order valence-electron chi connectivity index (χ3n) is 4.49. The van der Waals surface area contributed by atoms with Crippen LogP contribution in [0.25, 0.3) is 0 Å². The van der Waals surface area contributed by atoms with Gasteiger partial charge in [0, 0.05) is 10.7 Å². The molecule has 3 aromatic carbocycles. The molecule has 0 atom stereocenters. The van der Waals surface area contributed by atoms with Crippen LogP contribution in [-0.2, 0) is 10.0 Å². The van der Waals surface area contributed by atoms with Crippen molar-refractivity contribution in [1.29, 1.82) is 0 Å². The fourth-order valence-corrected chi connectivity index (χ4v) is 4.55. The van der Waals surface area contributed by atoms with E-state index in [-0.39, 0.29) is 26.9 Å². The van der Waals surface area contributed by atoms with Crippen LogP contribution in [0.15, 0.2) is 59.5 Å². The topological polar surface area (TPSA) is 93.7 Å². The Labute approximate surface area is 178 Å². The van der Waals surface area contributed by atoms with Crippen LogP contribution in [0, 0.1) is 6.92 Å². The molecule has 1 amide bonds. The number of nitrogens with one attached hydrogen (secondary N) is 2. The lowest BCUT2D eigenvalue weighted by Gasteiger charge is -2.13. The Bertz CT molecular complexity index is 1270. The highest BCUT2D eigenvalue weighted by Crippen LogP contribution is 2.37. The van der Waals surface area contributed by atoms with Crippen molar-refractivity contribution in [2.45, 2.75) is 11.8 Å². The highest BCUT2D eigenvalue weighted by atomic mass is 35.5. The first-order chi connectivity index (χ1) is 14.3. The second-order valence-electron chi connectivity index (χ2n) is 6.67. The molecule has 7 nitrogen and oxygen atoms in total. The number of carbonyl (C=O) groups excluding carboxylic acids is 1. The van der Waals surface area contributed by atoms with E-state index in [1.54, 1.807) is 12.1 Å². The van der Waals surface area contributed by atoms with E-state index in [1.807, 2.05) is 13.0 Å². The molecular formula is C21H17ClN2O5S. The Balaban J connectivity index is 1.69. The summed E-state index contributed by atoms with van der Waals surface area (Å²) < 4.78 is 39.2. The van der Waals surface area contributed by atoms with Gasteiger partial charge >= 0.3 is 0 Å². The van der Waals surface area contributed by atoms with E-state index in [9.17, 15) is 13.2 Å². The summed E-state index contributed by atoms with van der Waals surface area (Å²) in [5.74, 6) is 0.562. The standard InChI is InChI=1S/C21H17ClN2O5S/c1-12-3-6-18-16(9-12)23-21(25)15-11-14(5-8-17(15)29-18)24-30(26,27)20-10-13(22)4-7-19(20)28-2/h3-11,24H,1-2H3,(H,23,25). The number of methoxy groups -OCH3 is 1. The molecule has 9 heteroatoms. The second-order valence-corrected chi connectivity index (χ2v) is 8.75. The van der Waals surface area contributed by atoms with Crippen molar-refractivity contribution in [2.75, 3.05) is 17.1 Å². The van der Waals surface area contributed by atoms with Crippen LogP contribution < -0.4 is 19.5 Å². The summed E-state index contributed by atoms with van der Waals surface area (Å²) in [7, 11) is -2.66. The van der Waals surface area contributed by atoms with Crippen molar-refractivity contribution in [2.24, 2.45) is 0 Å². The molecule has 3 aromatic rings. The lowest BCUT2D eigenvalue weighted by Crippen LogP contribution is -2.15. The molecule has 0 fully saturated rings. The summed E-state index contributed by atoms with van der Waals surface area (Å²) in [5, 5.41) is 3.04. The van der Waals surface area contributed by atoms with Gasteiger partial charge in [0.25, 0.3) is 15.9 Å². The van der Waals surface area contributed by atoms with E-state index in [1.165, 1.54) is 43.5 Å². The lowest BCUT2D eigenvalue weighted by molar-refractivity contribution is 0.102. The number of aryl methyl sites for hydroxylation is 1. The summed E-state index contributed by atoms with van der Waals surface area (Å²) in [6, 6.07) is 14.2. The molecule has 0 bridgehead atoms. The van der Waals surface area contributed by atoms with Crippen molar-refractivity contribution in [3.8, 4) is 17.2 Å². The van der Waals surface area contributed by atoms with Crippen LogP contribution >= 0.6 is 11.6 Å². The molecule has 30 heavy (non-hydrogen) atoms. The molecule has 0 aliphatic carbocycles. The third-order valence-corrected chi connectivity index (χ3v) is 6.13. The van der Waals surface area contributed by atoms with Gasteiger partial charge in [-0.05, 0) is 61.0 Å². The molecule has 0 unspecified atom stereocenters. The van der Waals surface area contributed by atoms with Crippen molar-refractivity contribution in [3.63, 3.8) is 0 Å². The van der Waals surface area contributed by atoms with Gasteiger partial charge in [0.15, 0.2) is 5.75 Å². The van der Waals surface area contributed by atoms with Crippen LogP contribution in [0.1, 0.15) is 15.9 Å². The van der Waals surface area contributed by atoms with Gasteiger partial charge in [0.1, 0.15) is 16.4 Å². The highest BCUT2D eigenvalue weighted by molar-refractivity contribution is 7.92. The zero-order valence-electron chi connectivity index (χ0n) is 16.0. The van der Waals surface area contributed by atoms with Gasteiger partial charge in [-0.25, -0.2) is 8.42 Å². The van der Waals surface area contributed by atoms with Gasteiger partial charge in [-0.3, -0.25) is 9.52 Å². The van der Waals surface area contributed by atoms with Crippen molar-refractivity contribution < 1.29 is 22.7 Å². The van der Waals surface area contributed by atoms with Crippen LogP contribution in [-0.4, -0.2) is 21.4 Å². The normalized spacial score (nSPS) is 12.7. The number of hydrogen-bond donors (Lipinski definition) is 2. The first-order valence-electron chi connectivity index (χ1n) is 8.87. The van der Waals surface area contributed by atoms with E-state index in [4.69, 9.17) is 21.1 Å². The zero-order valence-corrected chi connectivity index (χ0v) is 17.6. The largest absolute Gasteiger partial charge is 0.495 e.